The van der Waals surface area contributed by atoms with Crippen LogP contribution < -0.4 is 5.43 Å². The summed E-state index contributed by atoms with van der Waals surface area (Å²) in [5.74, 6) is -0.00231. The number of carbonyl (C=O) groups excluding carboxylic acids is 1. The lowest BCUT2D eigenvalue weighted by Crippen LogP contribution is -2.46. The highest BCUT2D eigenvalue weighted by molar-refractivity contribution is 5.85. The van der Waals surface area contributed by atoms with Gasteiger partial charge in [0.15, 0.2) is 0 Å². The zero-order valence-electron chi connectivity index (χ0n) is 5.46. The Morgan fingerprint density at radius 3 is 3.00 bits per heavy atom. The molecule has 0 aliphatic carbocycles. The SMILES string of the molecule is CC1N=CNN(C)C1=O. The second kappa shape index (κ2) is 2.05. The molecule has 0 fully saturated rings. The largest absolute Gasteiger partial charge is 0.286 e. The fourth-order valence-corrected chi connectivity index (χ4v) is 0.639. The minimum absolute atomic E-state index is 0.00231. The van der Waals surface area contributed by atoms with Gasteiger partial charge in [0.25, 0.3) is 5.91 Å². The molecule has 0 aromatic heterocycles. The van der Waals surface area contributed by atoms with E-state index in [4.69, 9.17) is 0 Å². The molecule has 0 spiro atoms. The Morgan fingerprint density at radius 1 is 1.89 bits per heavy atom. The molecule has 50 valence electrons. The number of aliphatic imine (C=N–C) groups is 1. The molecular formula is C5H9N3O. The lowest BCUT2D eigenvalue weighted by Gasteiger charge is -2.22. The molecule has 1 amide bonds. The van der Waals surface area contributed by atoms with E-state index in [1.165, 1.54) is 11.3 Å². The van der Waals surface area contributed by atoms with Crippen LogP contribution in [-0.2, 0) is 4.79 Å². The maximum absolute atomic E-state index is 10.9. The van der Waals surface area contributed by atoms with Crippen molar-refractivity contribution in [2.45, 2.75) is 13.0 Å². The summed E-state index contributed by atoms with van der Waals surface area (Å²) < 4.78 is 0. The quantitative estimate of drug-likeness (QED) is 0.471. The first-order valence-electron chi connectivity index (χ1n) is 2.77. The van der Waals surface area contributed by atoms with Crippen molar-refractivity contribution in [1.82, 2.24) is 10.4 Å². The zero-order valence-corrected chi connectivity index (χ0v) is 5.46. The van der Waals surface area contributed by atoms with E-state index < -0.39 is 0 Å². The molecule has 4 nitrogen and oxygen atoms in total. The van der Waals surface area contributed by atoms with Crippen LogP contribution in [0.25, 0.3) is 0 Å². The molecule has 1 aliphatic rings. The highest BCUT2D eigenvalue weighted by atomic mass is 16.2. The van der Waals surface area contributed by atoms with Gasteiger partial charge in [0.1, 0.15) is 12.4 Å². The average Bonchev–Trinajstić information content (AvgIpc) is 1.83. The number of likely N-dealkylation sites (N-methyl/N-ethyl adjacent to an activating group) is 1. The van der Waals surface area contributed by atoms with Crippen LogP contribution in [0.5, 0.6) is 0 Å². The highest BCUT2D eigenvalue weighted by Gasteiger charge is 2.17. The van der Waals surface area contributed by atoms with Gasteiger partial charge in [-0.1, -0.05) is 0 Å². The molecule has 0 saturated carbocycles. The number of carbonyl (C=O) groups is 1. The summed E-state index contributed by atoms with van der Waals surface area (Å²) in [5.41, 5.74) is 2.65. The molecule has 0 bridgehead atoms. The van der Waals surface area contributed by atoms with Crippen LogP contribution >= 0.6 is 0 Å². The van der Waals surface area contributed by atoms with Gasteiger partial charge in [-0.05, 0) is 6.92 Å². The van der Waals surface area contributed by atoms with Gasteiger partial charge in [0, 0.05) is 7.05 Å². The molecule has 4 heteroatoms. The van der Waals surface area contributed by atoms with E-state index >= 15 is 0 Å². The number of hydrazine groups is 1. The van der Waals surface area contributed by atoms with Crippen LogP contribution in [0.15, 0.2) is 4.99 Å². The number of nitrogens with zero attached hydrogens (tertiary/aromatic N) is 2. The first-order chi connectivity index (χ1) is 4.22. The number of amides is 1. The van der Waals surface area contributed by atoms with Crippen LogP contribution in [0.3, 0.4) is 0 Å². The molecule has 0 aromatic carbocycles. The van der Waals surface area contributed by atoms with Gasteiger partial charge in [-0.3, -0.25) is 20.2 Å². The van der Waals surface area contributed by atoms with E-state index in [9.17, 15) is 4.79 Å². The average molecular weight is 127 g/mol. The highest BCUT2D eigenvalue weighted by Crippen LogP contribution is 1.95. The molecule has 0 aromatic rings. The van der Waals surface area contributed by atoms with Crippen molar-refractivity contribution in [2.24, 2.45) is 4.99 Å². The summed E-state index contributed by atoms with van der Waals surface area (Å²) in [6.07, 6.45) is 1.52. The van der Waals surface area contributed by atoms with E-state index in [0.29, 0.717) is 0 Å². The van der Waals surface area contributed by atoms with Gasteiger partial charge in [-0.15, -0.1) is 0 Å². The summed E-state index contributed by atoms with van der Waals surface area (Å²) in [6.45, 7) is 1.76. The third-order valence-corrected chi connectivity index (χ3v) is 1.24. The Bertz CT molecular complexity index is 154. The van der Waals surface area contributed by atoms with Crippen molar-refractivity contribution in [3.63, 3.8) is 0 Å². The standard InChI is InChI=1S/C5H9N3O/c1-4-5(9)8(2)7-3-6-4/h3-4H,1-2H3,(H,6,7). The molecule has 9 heavy (non-hydrogen) atoms. The minimum Gasteiger partial charge on any atom is -0.286 e. The van der Waals surface area contributed by atoms with E-state index in [2.05, 4.69) is 10.4 Å². The van der Waals surface area contributed by atoms with Crippen molar-refractivity contribution in [3.8, 4) is 0 Å². The summed E-state index contributed by atoms with van der Waals surface area (Å²) >= 11 is 0. The van der Waals surface area contributed by atoms with Crippen LogP contribution in [0, 0.1) is 0 Å². The summed E-state index contributed by atoms with van der Waals surface area (Å²) in [7, 11) is 1.67. The molecule has 1 unspecified atom stereocenters. The van der Waals surface area contributed by atoms with Gasteiger partial charge in [0.05, 0.1) is 0 Å². The molecule has 1 N–H and O–H groups in total. The van der Waals surface area contributed by atoms with Crippen LogP contribution in [0.4, 0.5) is 0 Å². The lowest BCUT2D eigenvalue weighted by molar-refractivity contribution is -0.133. The Hall–Kier alpha value is -1.06. The lowest BCUT2D eigenvalue weighted by atomic mass is 10.3. The number of nitrogens with one attached hydrogen (secondary N) is 1. The van der Waals surface area contributed by atoms with Crippen LogP contribution in [0.2, 0.25) is 0 Å². The molecule has 1 aliphatic heterocycles. The summed E-state index contributed by atoms with van der Waals surface area (Å²) in [4.78, 5) is 14.7. The van der Waals surface area contributed by atoms with E-state index in [-0.39, 0.29) is 11.9 Å². The Morgan fingerprint density at radius 2 is 2.56 bits per heavy atom. The predicted octanol–water partition coefficient (Wildman–Crippen LogP) is -0.620. The number of hydrogen-bond donors (Lipinski definition) is 1. The normalized spacial score (nSPS) is 26.2. The molecule has 0 radical (unpaired) electrons. The molecule has 1 atom stereocenters. The zero-order chi connectivity index (χ0) is 6.85. The number of rotatable bonds is 0. The van der Waals surface area contributed by atoms with E-state index in [0.717, 1.165) is 0 Å². The van der Waals surface area contributed by atoms with Gasteiger partial charge in [-0.25, -0.2) is 0 Å². The predicted molar refractivity (Wildman–Crippen MR) is 33.9 cm³/mol. The third kappa shape index (κ3) is 1.01. The fourth-order valence-electron chi connectivity index (χ4n) is 0.639. The van der Waals surface area contributed by atoms with Crippen LogP contribution in [-0.4, -0.2) is 30.3 Å². The van der Waals surface area contributed by atoms with Crippen LogP contribution in [0.1, 0.15) is 6.92 Å². The topological polar surface area (TPSA) is 44.7 Å². The molecule has 1 rings (SSSR count). The smallest absolute Gasteiger partial charge is 0.265 e. The fraction of sp³-hybridized carbons (Fsp3) is 0.600. The summed E-state index contributed by atoms with van der Waals surface area (Å²) in [5, 5.41) is 1.41. The van der Waals surface area contributed by atoms with Gasteiger partial charge in [-0.2, -0.15) is 0 Å². The van der Waals surface area contributed by atoms with Crippen molar-refractivity contribution in [2.75, 3.05) is 7.05 Å². The Labute approximate surface area is 53.5 Å². The third-order valence-electron chi connectivity index (χ3n) is 1.24. The molecular weight excluding hydrogens is 118 g/mol. The van der Waals surface area contributed by atoms with E-state index in [1.807, 2.05) is 0 Å². The Balaban J connectivity index is 2.69. The molecule has 1 heterocycles. The minimum atomic E-state index is -0.226. The van der Waals surface area contributed by atoms with Crippen molar-refractivity contribution in [1.29, 1.82) is 0 Å². The molecule has 0 saturated heterocycles. The first-order valence-corrected chi connectivity index (χ1v) is 2.77. The second-order valence-electron chi connectivity index (χ2n) is 1.98. The monoisotopic (exact) mass is 127 g/mol. The Kier molecular flexibility index (Phi) is 1.38. The van der Waals surface area contributed by atoms with Gasteiger partial charge >= 0.3 is 0 Å². The van der Waals surface area contributed by atoms with Crippen molar-refractivity contribution < 1.29 is 4.79 Å². The van der Waals surface area contributed by atoms with Gasteiger partial charge in [0.2, 0.25) is 0 Å². The number of hydrogen-bond acceptors (Lipinski definition) is 3. The van der Waals surface area contributed by atoms with Crippen molar-refractivity contribution in [3.05, 3.63) is 0 Å². The van der Waals surface area contributed by atoms with E-state index in [1.54, 1.807) is 14.0 Å². The second-order valence-corrected chi connectivity index (χ2v) is 1.98. The maximum Gasteiger partial charge on any atom is 0.265 e. The first kappa shape index (κ1) is 6.07. The maximum atomic E-state index is 10.9. The van der Waals surface area contributed by atoms with Gasteiger partial charge < -0.3 is 0 Å². The van der Waals surface area contributed by atoms with Crippen molar-refractivity contribution >= 4 is 12.2 Å². The summed E-state index contributed by atoms with van der Waals surface area (Å²) in [6, 6.07) is -0.226.